The highest BCUT2D eigenvalue weighted by Gasteiger charge is 2.27. The van der Waals surface area contributed by atoms with Crippen LogP contribution >= 0.6 is 0 Å². The van der Waals surface area contributed by atoms with E-state index >= 15 is 0 Å². The second kappa shape index (κ2) is 16.3. The fraction of sp³-hybridized carbons (Fsp3) is 0.571. The Morgan fingerprint density at radius 1 is 1.00 bits per heavy atom. The molecular weight excluding hydrogens is 490 g/mol. The number of ether oxygens (including phenoxy) is 1. The Bertz CT molecular complexity index is 984. The summed E-state index contributed by atoms with van der Waals surface area (Å²) in [5.74, 6) is -2.50. The Morgan fingerprint density at radius 3 is 2.24 bits per heavy atom. The standard InChI is InChI=1S/C28H41N3O7/c1-19(32)14-15-23(24(33)18-22(26(35)36)17-21-11-7-6-8-12-21)31-25(34)13-9-10-16-29-20(2)30-27(37)38-28(3,4)5/h6-8,11-12,22-23H,9-10,13-18H2,1-5H3,(H,31,34)(H,35,36)(H,29,30,37)/t22-,23+/m1/s1. The third kappa shape index (κ3) is 14.9. The molecule has 10 heteroatoms. The second-order valence-electron chi connectivity index (χ2n) is 10.3. The lowest BCUT2D eigenvalue weighted by Crippen LogP contribution is -2.42. The molecule has 0 unspecified atom stereocenters. The van der Waals surface area contributed by atoms with Crippen LogP contribution in [0.25, 0.3) is 0 Å². The molecule has 210 valence electrons. The zero-order valence-corrected chi connectivity index (χ0v) is 23.0. The second-order valence-corrected chi connectivity index (χ2v) is 10.3. The zero-order valence-electron chi connectivity index (χ0n) is 23.0. The number of carbonyl (C=O) groups excluding carboxylic acids is 4. The predicted octanol–water partition coefficient (Wildman–Crippen LogP) is 3.86. The number of Topliss-reactive ketones (excluding diaryl/α,β-unsaturated/α-hetero) is 2. The van der Waals surface area contributed by atoms with Crippen molar-refractivity contribution in [2.24, 2.45) is 10.9 Å². The summed E-state index contributed by atoms with van der Waals surface area (Å²) >= 11 is 0. The molecule has 1 aromatic carbocycles. The smallest absolute Gasteiger partial charge is 0.413 e. The highest BCUT2D eigenvalue weighted by Crippen LogP contribution is 2.16. The van der Waals surface area contributed by atoms with Crippen LogP contribution in [0.5, 0.6) is 0 Å². The molecule has 0 aliphatic carbocycles. The summed E-state index contributed by atoms with van der Waals surface area (Å²) < 4.78 is 5.16. The first-order valence-electron chi connectivity index (χ1n) is 12.9. The molecule has 0 radical (unpaired) electrons. The first kappa shape index (κ1) is 32.5. The van der Waals surface area contributed by atoms with E-state index in [-0.39, 0.29) is 43.8 Å². The Labute approximate surface area is 224 Å². The van der Waals surface area contributed by atoms with Gasteiger partial charge in [0.2, 0.25) is 5.91 Å². The molecule has 0 aromatic heterocycles. The molecule has 0 aliphatic rings. The molecule has 0 saturated heterocycles. The minimum atomic E-state index is -1.09. The maximum atomic E-state index is 13.0. The number of ketones is 2. The van der Waals surface area contributed by atoms with Crippen LogP contribution in [0.1, 0.15) is 78.7 Å². The molecule has 1 rings (SSSR count). The summed E-state index contributed by atoms with van der Waals surface area (Å²) in [6, 6.07) is 8.10. The summed E-state index contributed by atoms with van der Waals surface area (Å²) in [7, 11) is 0. The lowest BCUT2D eigenvalue weighted by atomic mass is 9.91. The van der Waals surface area contributed by atoms with Crippen LogP contribution in [-0.2, 0) is 30.3 Å². The van der Waals surface area contributed by atoms with Gasteiger partial charge in [-0.2, -0.15) is 0 Å². The summed E-state index contributed by atoms with van der Waals surface area (Å²) in [5, 5.41) is 14.9. The van der Waals surface area contributed by atoms with Crippen LogP contribution in [0.3, 0.4) is 0 Å². The molecule has 0 fully saturated rings. The van der Waals surface area contributed by atoms with E-state index in [1.807, 2.05) is 6.07 Å². The minimum Gasteiger partial charge on any atom is -0.481 e. The van der Waals surface area contributed by atoms with Gasteiger partial charge < -0.3 is 20.0 Å². The quantitative estimate of drug-likeness (QED) is 0.177. The summed E-state index contributed by atoms with van der Waals surface area (Å²) in [4.78, 5) is 64.8. The number of hydrogen-bond acceptors (Lipinski definition) is 7. The van der Waals surface area contributed by atoms with Gasteiger partial charge in [0.25, 0.3) is 0 Å². The van der Waals surface area contributed by atoms with Crippen molar-refractivity contribution in [3.63, 3.8) is 0 Å². The van der Waals surface area contributed by atoms with Crippen molar-refractivity contribution in [3.05, 3.63) is 35.9 Å². The molecule has 10 nitrogen and oxygen atoms in total. The molecule has 0 spiro atoms. The number of hydrogen-bond donors (Lipinski definition) is 3. The summed E-state index contributed by atoms with van der Waals surface area (Å²) in [6.07, 6.45) is 0.796. The van der Waals surface area contributed by atoms with Crippen molar-refractivity contribution in [1.29, 1.82) is 0 Å². The number of aliphatic imine (C=N–C) groups is 1. The number of carbonyl (C=O) groups is 5. The van der Waals surface area contributed by atoms with Gasteiger partial charge in [-0.1, -0.05) is 30.3 Å². The molecule has 0 heterocycles. The topological polar surface area (TPSA) is 151 Å². The van der Waals surface area contributed by atoms with Gasteiger partial charge in [-0.05, 0) is 65.9 Å². The third-order valence-corrected chi connectivity index (χ3v) is 5.47. The minimum absolute atomic E-state index is 0.103. The number of aliphatic carboxylic acids is 1. The van der Waals surface area contributed by atoms with E-state index in [0.29, 0.717) is 25.2 Å². The summed E-state index contributed by atoms with van der Waals surface area (Å²) in [6.45, 7) is 8.72. The molecule has 0 bridgehead atoms. The Balaban J connectivity index is 2.59. The van der Waals surface area contributed by atoms with Gasteiger partial charge in [0.15, 0.2) is 5.78 Å². The first-order chi connectivity index (χ1) is 17.8. The van der Waals surface area contributed by atoms with Crippen molar-refractivity contribution in [2.45, 2.75) is 91.2 Å². The van der Waals surface area contributed by atoms with Gasteiger partial charge in [0.05, 0.1) is 12.0 Å². The van der Waals surface area contributed by atoms with Gasteiger partial charge in [-0.15, -0.1) is 0 Å². The number of carboxylic acids is 1. The van der Waals surface area contributed by atoms with E-state index < -0.39 is 35.4 Å². The lowest BCUT2D eigenvalue weighted by Gasteiger charge is -2.20. The lowest BCUT2D eigenvalue weighted by molar-refractivity contribution is -0.144. The van der Waals surface area contributed by atoms with E-state index in [9.17, 15) is 29.1 Å². The number of benzene rings is 1. The first-order valence-corrected chi connectivity index (χ1v) is 12.9. The van der Waals surface area contributed by atoms with Crippen molar-refractivity contribution >= 4 is 35.4 Å². The zero-order chi connectivity index (χ0) is 28.7. The van der Waals surface area contributed by atoms with Gasteiger partial charge in [-0.3, -0.25) is 24.7 Å². The van der Waals surface area contributed by atoms with Crippen LogP contribution in [-0.4, -0.2) is 58.7 Å². The van der Waals surface area contributed by atoms with E-state index in [1.165, 1.54) is 6.92 Å². The number of nitrogens with zero attached hydrogens (tertiary/aromatic N) is 1. The van der Waals surface area contributed by atoms with Crippen LogP contribution in [0.15, 0.2) is 35.3 Å². The maximum absolute atomic E-state index is 13.0. The molecule has 1 aromatic rings. The normalized spacial score (nSPS) is 13.2. The Morgan fingerprint density at radius 2 is 1.66 bits per heavy atom. The van der Waals surface area contributed by atoms with E-state index in [0.717, 1.165) is 5.56 Å². The SMILES string of the molecule is CC(=O)CC[C@H](NC(=O)CCCCN=C(C)NC(=O)OC(C)(C)C)C(=O)C[C@@H](Cc1ccccc1)C(=O)O. The molecule has 0 aliphatic heterocycles. The molecule has 3 N–H and O–H groups in total. The summed E-state index contributed by atoms with van der Waals surface area (Å²) in [5.41, 5.74) is 0.189. The van der Waals surface area contributed by atoms with Crippen molar-refractivity contribution in [2.75, 3.05) is 6.54 Å². The molecule has 38 heavy (non-hydrogen) atoms. The highest BCUT2D eigenvalue weighted by molar-refractivity contribution is 5.94. The Hall–Kier alpha value is -3.56. The number of carboxylic acid groups (broad SMARTS) is 1. The largest absolute Gasteiger partial charge is 0.481 e. The average Bonchev–Trinajstić information content (AvgIpc) is 2.80. The monoisotopic (exact) mass is 531 g/mol. The molecular formula is C28H41N3O7. The van der Waals surface area contributed by atoms with Crippen LogP contribution < -0.4 is 10.6 Å². The number of alkyl carbamates (subject to hydrolysis) is 1. The van der Waals surface area contributed by atoms with Crippen molar-refractivity contribution in [3.8, 4) is 0 Å². The van der Waals surface area contributed by atoms with Crippen molar-refractivity contribution < 1.29 is 33.8 Å². The predicted molar refractivity (Wildman–Crippen MR) is 144 cm³/mol. The van der Waals surface area contributed by atoms with Crippen LogP contribution in [0.4, 0.5) is 4.79 Å². The Kier molecular flexibility index (Phi) is 13.9. The van der Waals surface area contributed by atoms with Crippen LogP contribution in [0, 0.1) is 5.92 Å². The van der Waals surface area contributed by atoms with Gasteiger partial charge in [0, 0.05) is 25.8 Å². The van der Waals surface area contributed by atoms with E-state index in [4.69, 9.17) is 4.74 Å². The van der Waals surface area contributed by atoms with Crippen LogP contribution in [0.2, 0.25) is 0 Å². The number of amides is 2. The fourth-order valence-electron chi connectivity index (χ4n) is 3.59. The highest BCUT2D eigenvalue weighted by atomic mass is 16.6. The van der Waals surface area contributed by atoms with E-state index in [1.54, 1.807) is 52.0 Å². The molecule has 2 amide bonds. The number of nitrogens with one attached hydrogen (secondary N) is 2. The van der Waals surface area contributed by atoms with E-state index in [2.05, 4.69) is 15.6 Å². The third-order valence-electron chi connectivity index (χ3n) is 5.47. The number of amidine groups is 1. The van der Waals surface area contributed by atoms with Crippen molar-refractivity contribution in [1.82, 2.24) is 10.6 Å². The molecule has 0 saturated carbocycles. The maximum Gasteiger partial charge on any atom is 0.413 e. The number of rotatable bonds is 15. The number of unbranched alkanes of at least 4 members (excludes halogenated alkanes) is 1. The average molecular weight is 532 g/mol. The van der Waals surface area contributed by atoms with Gasteiger partial charge in [0.1, 0.15) is 17.2 Å². The van der Waals surface area contributed by atoms with Gasteiger partial charge >= 0.3 is 12.1 Å². The fourth-order valence-corrected chi connectivity index (χ4v) is 3.59. The molecule has 2 atom stereocenters. The van der Waals surface area contributed by atoms with Gasteiger partial charge in [-0.25, -0.2) is 4.79 Å².